The van der Waals surface area contributed by atoms with Gasteiger partial charge in [0.2, 0.25) is 0 Å². The second kappa shape index (κ2) is 5.28. The van der Waals surface area contributed by atoms with Crippen molar-refractivity contribution in [3.05, 3.63) is 29.8 Å². The molecule has 0 saturated heterocycles. The molecule has 0 bridgehead atoms. The molecule has 0 radical (unpaired) electrons. The predicted octanol–water partition coefficient (Wildman–Crippen LogP) is 4.23. The molecular formula is C15H19F3O2. The van der Waals surface area contributed by atoms with E-state index in [1.165, 1.54) is 18.2 Å². The first-order valence-corrected chi connectivity index (χ1v) is 6.77. The summed E-state index contributed by atoms with van der Waals surface area (Å²) in [5, 5.41) is 10.8. The van der Waals surface area contributed by atoms with Gasteiger partial charge in [0.05, 0.1) is 5.60 Å². The van der Waals surface area contributed by atoms with Gasteiger partial charge in [-0.25, -0.2) is 0 Å². The number of aliphatic hydroxyl groups is 1. The summed E-state index contributed by atoms with van der Waals surface area (Å²) in [6.07, 6.45) is -2.87. The quantitative estimate of drug-likeness (QED) is 0.882. The normalized spacial score (nSPS) is 31.1. The Kier molecular flexibility index (Phi) is 4.00. The zero-order valence-electron chi connectivity index (χ0n) is 11.6. The van der Waals surface area contributed by atoms with E-state index in [2.05, 4.69) is 4.74 Å². The van der Waals surface area contributed by atoms with Gasteiger partial charge in [-0.3, -0.25) is 0 Å². The maximum atomic E-state index is 12.5. The first-order valence-electron chi connectivity index (χ1n) is 6.77. The van der Waals surface area contributed by atoms with Crippen molar-refractivity contribution in [3.63, 3.8) is 0 Å². The van der Waals surface area contributed by atoms with Gasteiger partial charge in [0.1, 0.15) is 5.75 Å². The lowest BCUT2D eigenvalue weighted by Crippen LogP contribution is -2.36. The number of hydrogen-bond donors (Lipinski definition) is 1. The molecule has 0 spiro atoms. The minimum absolute atomic E-state index is 0.232. The molecule has 0 aliphatic heterocycles. The molecule has 1 saturated carbocycles. The summed E-state index contributed by atoms with van der Waals surface area (Å²) in [5.41, 5.74) is -1.02. The smallest absolute Gasteiger partial charge is 0.405 e. The number of hydrogen-bond acceptors (Lipinski definition) is 2. The van der Waals surface area contributed by atoms with Gasteiger partial charge in [0, 0.05) is 5.56 Å². The van der Waals surface area contributed by atoms with Gasteiger partial charge in [-0.05, 0) is 37.2 Å². The summed E-state index contributed by atoms with van der Waals surface area (Å²) in [6.45, 7) is 4.02. The minimum Gasteiger partial charge on any atom is -0.405 e. The third kappa shape index (κ3) is 3.45. The largest absolute Gasteiger partial charge is 0.573 e. The SMILES string of the molecule is CC1CC(C)CC(O)(c2ccccc2OC(F)(F)F)C1. The van der Waals surface area contributed by atoms with E-state index in [0.717, 1.165) is 6.42 Å². The van der Waals surface area contributed by atoms with Gasteiger partial charge in [0.15, 0.2) is 0 Å². The van der Waals surface area contributed by atoms with E-state index in [0.29, 0.717) is 12.8 Å². The molecule has 1 aromatic carbocycles. The average Bonchev–Trinajstić information content (AvgIpc) is 2.25. The summed E-state index contributed by atoms with van der Waals surface area (Å²) in [4.78, 5) is 0. The van der Waals surface area contributed by atoms with Gasteiger partial charge in [-0.1, -0.05) is 32.0 Å². The van der Waals surface area contributed by atoms with Crippen molar-refractivity contribution in [3.8, 4) is 5.75 Å². The molecule has 2 rings (SSSR count). The van der Waals surface area contributed by atoms with E-state index in [1.807, 2.05) is 13.8 Å². The molecule has 112 valence electrons. The Bertz CT molecular complexity index is 460. The number of halogens is 3. The molecule has 0 aromatic heterocycles. The van der Waals surface area contributed by atoms with Crippen LogP contribution in [0.3, 0.4) is 0 Å². The molecule has 1 aliphatic rings. The molecule has 0 heterocycles. The van der Waals surface area contributed by atoms with Crippen molar-refractivity contribution in [2.24, 2.45) is 11.8 Å². The Morgan fingerprint density at radius 3 is 2.25 bits per heavy atom. The fourth-order valence-corrected chi connectivity index (χ4v) is 3.37. The van der Waals surface area contributed by atoms with Gasteiger partial charge >= 0.3 is 6.36 Å². The number of ether oxygens (including phenoxy) is 1. The van der Waals surface area contributed by atoms with Crippen molar-refractivity contribution in [2.45, 2.75) is 45.1 Å². The Labute approximate surface area is 116 Å². The Hall–Kier alpha value is -1.23. The maximum Gasteiger partial charge on any atom is 0.573 e. The van der Waals surface area contributed by atoms with Gasteiger partial charge in [0.25, 0.3) is 0 Å². The Morgan fingerprint density at radius 2 is 1.70 bits per heavy atom. The molecule has 1 fully saturated rings. The van der Waals surface area contributed by atoms with Gasteiger partial charge in [-0.2, -0.15) is 0 Å². The molecule has 2 atom stereocenters. The van der Waals surface area contributed by atoms with Crippen LogP contribution in [0.15, 0.2) is 24.3 Å². The summed E-state index contributed by atoms with van der Waals surface area (Å²) >= 11 is 0. The summed E-state index contributed by atoms with van der Waals surface area (Å²) in [6, 6.07) is 5.88. The van der Waals surface area contributed by atoms with Crippen LogP contribution in [0.1, 0.15) is 38.7 Å². The lowest BCUT2D eigenvalue weighted by Gasteiger charge is -2.40. The van der Waals surface area contributed by atoms with Crippen LogP contribution in [0, 0.1) is 11.8 Å². The molecule has 0 amide bonds. The zero-order valence-corrected chi connectivity index (χ0v) is 11.6. The molecule has 1 aromatic rings. The van der Waals surface area contributed by atoms with Crippen LogP contribution in [0.5, 0.6) is 5.75 Å². The third-order valence-electron chi connectivity index (χ3n) is 3.79. The van der Waals surface area contributed by atoms with Gasteiger partial charge < -0.3 is 9.84 Å². The summed E-state index contributed by atoms with van der Waals surface area (Å²) in [5.74, 6) is 0.231. The molecule has 20 heavy (non-hydrogen) atoms. The molecule has 2 unspecified atom stereocenters. The average molecular weight is 288 g/mol. The second-order valence-electron chi connectivity index (χ2n) is 5.93. The van der Waals surface area contributed by atoms with E-state index in [4.69, 9.17) is 0 Å². The second-order valence-corrected chi connectivity index (χ2v) is 5.93. The van der Waals surface area contributed by atoms with Crippen molar-refractivity contribution in [1.82, 2.24) is 0 Å². The zero-order chi connectivity index (χ0) is 15.0. The predicted molar refractivity (Wildman–Crippen MR) is 69.2 cm³/mol. The third-order valence-corrected chi connectivity index (χ3v) is 3.79. The molecule has 1 aliphatic carbocycles. The Balaban J connectivity index is 2.36. The lowest BCUT2D eigenvalue weighted by atomic mass is 9.70. The number of rotatable bonds is 2. The standard InChI is InChI=1S/C15H19F3O2/c1-10-7-11(2)9-14(19,8-10)12-5-3-4-6-13(12)20-15(16,17)18/h3-6,10-11,19H,7-9H2,1-2H3. The highest BCUT2D eigenvalue weighted by Gasteiger charge is 2.41. The summed E-state index contributed by atoms with van der Waals surface area (Å²) < 4.78 is 41.5. The van der Waals surface area contributed by atoms with Crippen molar-refractivity contribution in [2.75, 3.05) is 0 Å². The maximum absolute atomic E-state index is 12.5. The van der Waals surface area contributed by atoms with Crippen molar-refractivity contribution in [1.29, 1.82) is 0 Å². The van der Waals surface area contributed by atoms with Crippen LogP contribution in [0.4, 0.5) is 13.2 Å². The molecular weight excluding hydrogens is 269 g/mol. The first kappa shape index (κ1) is 15.2. The van der Waals surface area contributed by atoms with E-state index in [-0.39, 0.29) is 23.1 Å². The highest BCUT2D eigenvalue weighted by atomic mass is 19.4. The lowest BCUT2D eigenvalue weighted by molar-refractivity contribution is -0.275. The van der Waals surface area contributed by atoms with E-state index in [9.17, 15) is 18.3 Å². The number of alkyl halides is 3. The highest BCUT2D eigenvalue weighted by Crippen LogP contribution is 2.46. The Morgan fingerprint density at radius 1 is 1.15 bits per heavy atom. The fourth-order valence-electron chi connectivity index (χ4n) is 3.37. The van der Waals surface area contributed by atoms with Crippen LogP contribution in [0.25, 0.3) is 0 Å². The van der Waals surface area contributed by atoms with Crippen LogP contribution < -0.4 is 4.74 Å². The number of para-hydroxylation sites is 1. The summed E-state index contributed by atoms with van der Waals surface area (Å²) in [7, 11) is 0. The van der Waals surface area contributed by atoms with Crippen LogP contribution >= 0.6 is 0 Å². The van der Waals surface area contributed by atoms with Crippen LogP contribution in [-0.2, 0) is 5.60 Å². The van der Waals surface area contributed by atoms with E-state index < -0.39 is 12.0 Å². The number of benzene rings is 1. The van der Waals surface area contributed by atoms with Crippen molar-refractivity contribution < 1.29 is 23.0 Å². The first-order chi connectivity index (χ1) is 9.20. The fraction of sp³-hybridized carbons (Fsp3) is 0.600. The molecule has 5 heteroatoms. The van der Waals surface area contributed by atoms with Crippen LogP contribution in [-0.4, -0.2) is 11.5 Å². The minimum atomic E-state index is -4.75. The monoisotopic (exact) mass is 288 g/mol. The van der Waals surface area contributed by atoms with Gasteiger partial charge in [-0.15, -0.1) is 13.2 Å². The van der Waals surface area contributed by atoms with Crippen molar-refractivity contribution >= 4 is 0 Å². The van der Waals surface area contributed by atoms with E-state index >= 15 is 0 Å². The topological polar surface area (TPSA) is 29.5 Å². The van der Waals surface area contributed by atoms with E-state index in [1.54, 1.807) is 6.07 Å². The highest BCUT2D eigenvalue weighted by molar-refractivity contribution is 5.38. The molecule has 2 nitrogen and oxygen atoms in total. The molecule has 1 N–H and O–H groups in total. The van der Waals surface area contributed by atoms with Crippen LogP contribution in [0.2, 0.25) is 0 Å².